The lowest BCUT2D eigenvalue weighted by Gasteiger charge is -1.98. The van der Waals surface area contributed by atoms with Gasteiger partial charge in [-0.05, 0) is 40.8 Å². The van der Waals surface area contributed by atoms with Crippen LogP contribution in [0.5, 0.6) is 5.75 Å². The number of halogens is 2. The van der Waals surface area contributed by atoms with E-state index in [-0.39, 0.29) is 0 Å². The predicted octanol–water partition coefficient (Wildman–Crippen LogP) is 4.25. The molecule has 0 aliphatic heterocycles. The standard InChI is InChI=1S/C10H8ClIOS/c1-13-6-2-3-8-7(4-6)10(12)9(5-11)14-8/h2-4H,5H2,1H3. The number of hydrogen-bond acceptors (Lipinski definition) is 2. The molecule has 4 heteroatoms. The van der Waals surface area contributed by atoms with Crippen LogP contribution >= 0.6 is 45.5 Å². The first kappa shape index (κ1) is 10.5. The van der Waals surface area contributed by atoms with Crippen LogP contribution in [0.1, 0.15) is 4.88 Å². The average molecular weight is 339 g/mol. The van der Waals surface area contributed by atoms with Gasteiger partial charge in [-0.2, -0.15) is 0 Å². The van der Waals surface area contributed by atoms with Gasteiger partial charge < -0.3 is 4.74 Å². The summed E-state index contributed by atoms with van der Waals surface area (Å²) in [6.45, 7) is 0. The summed E-state index contributed by atoms with van der Waals surface area (Å²) in [5, 5.41) is 1.24. The van der Waals surface area contributed by atoms with Crippen LogP contribution < -0.4 is 4.74 Å². The van der Waals surface area contributed by atoms with Crippen LogP contribution in [0.4, 0.5) is 0 Å². The molecule has 0 spiro atoms. The van der Waals surface area contributed by atoms with E-state index in [1.165, 1.54) is 18.5 Å². The maximum atomic E-state index is 5.85. The Morgan fingerprint density at radius 3 is 2.93 bits per heavy atom. The zero-order valence-electron chi connectivity index (χ0n) is 7.51. The SMILES string of the molecule is COc1ccc2sc(CCl)c(I)c2c1. The molecule has 74 valence electrons. The third kappa shape index (κ3) is 1.73. The lowest BCUT2D eigenvalue weighted by atomic mass is 10.2. The molecule has 0 N–H and O–H groups in total. The summed E-state index contributed by atoms with van der Waals surface area (Å²) in [5.41, 5.74) is 0. The van der Waals surface area contributed by atoms with Crippen LogP contribution in [-0.2, 0) is 5.88 Å². The van der Waals surface area contributed by atoms with Crippen molar-refractivity contribution < 1.29 is 4.74 Å². The fourth-order valence-corrected chi connectivity index (χ4v) is 3.91. The van der Waals surface area contributed by atoms with Gasteiger partial charge in [-0.1, -0.05) is 0 Å². The molecule has 0 aliphatic carbocycles. The van der Waals surface area contributed by atoms with Gasteiger partial charge in [0, 0.05) is 18.5 Å². The van der Waals surface area contributed by atoms with Crippen LogP contribution in [0.25, 0.3) is 10.1 Å². The fraction of sp³-hybridized carbons (Fsp3) is 0.200. The number of benzene rings is 1. The van der Waals surface area contributed by atoms with Gasteiger partial charge in [-0.15, -0.1) is 22.9 Å². The summed E-state index contributed by atoms with van der Waals surface area (Å²) in [4.78, 5) is 1.23. The summed E-state index contributed by atoms with van der Waals surface area (Å²) in [6.07, 6.45) is 0. The molecule has 0 bridgehead atoms. The van der Waals surface area contributed by atoms with E-state index in [0.717, 1.165) is 5.75 Å². The Morgan fingerprint density at radius 2 is 2.29 bits per heavy atom. The van der Waals surface area contributed by atoms with Crippen LogP contribution in [0, 0.1) is 3.57 Å². The molecule has 0 saturated heterocycles. The monoisotopic (exact) mass is 338 g/mol. The van der Waals surface area contributed by atoms with Crippen molar-refractivity contribution >= 4 is 55.6 Å². The zero-order valence-corrected chi connectivity index (χ0v) is 11.2. The summed E-state index contributed by atoms with van der Waals surface area (Å²) in [7, 11) is 1.68. The van der Waals surface area contributed by atoms with Gasteiger partial charge in [0.05, 0.1) is 13.0 Å². The van der Waals surface area contributed by atoms with Crippen LogP contribution in [0.15, 0.2) is 18.2 Å². The summed E-state index contributed by atoms with van der Waals surface area (Å²) in [5.74, 6) is 1.48. The molecule has 0 atom stereocenters. The second-order valence-electron chi connectivity index (χ2n) is 2.83. The first-order chi connectivity index (χ1) is 6.76. The minimum atomic E-state index is 0.583. The molecule has 1 heterocycles. The van der Waals surface area contributed by atoms with E-state index in [1.807, 2.05) is 6.07 Å². The van der Waals surface area contributed by atoms with Crippen LogP contribution in [0.2, 0.25) is 0 Å². The molecule has 0 unspecified atom stereocenters. The summed E-state index contributed by atoms with van der Waals surface area (Å²) < 4.78 is 7.70. The van der Waals surface area contributed by atoms with Crippen molar-refractivity contribution in [3.05, 3.63) is 26.6 Å². The minimum absolute atomic E-state index is 0.583. The van der Waals surface area contributed by atoms with Crippen molar-refractivity contribution in [1.29, 1.82) is 0 Å². The average Bonchev–Trinajstić information content (AvgIpc) is 2.55. The normalized spacial score (nSPS) is 10.8. The van der Waals surface area contributed by atoms with E-state index < -0.39 is 0 Å². The third-order valence-corrected chi connectivity index (χ3v) is 5.22. The number of rotatable bonds is 2. The molecule has 2 aromatic rings. The maximum absolute atomic E-state index is 5.85. The second kappa shape index (κ2) is 4.24. The predicted molar refractivity (Wildman–Crippen MR) is 70.7 cm³/mol. The van der Waals surface area contributed by atoms with Gasteiger partial charge in [0.15, 0.2) is 0 Å². The molecule has 0 fully saturated rings. The van der Waals surface area contributed by atoms with Gasteiger partial charge in [-0.25, -0.2) is 0 Å². The topological polar surface area (TPSA) is 9.23 Å². The quantitative estimate of drug-likeness (QED) is 0.587. The van der Waals surface area contributed by atoms with Gasteiger partial charge >= 0.3 is 0 Å². The Hall–Kier alpha value is -0.000000000000000167. The largest absolute Gasteiger partial charge is 0.497 e. The van der Waals surface area contributed by atoms with E-state index in [9.17, 15) is 0 Å². The zero-order chi connectivity index (χ0) is 10.1. The van der Waals surface area contributed by atoms with Gasteiger partial charge in [0.2, 0.25) is 0 Å². The molecule has 0 aliphatic rings. The molecule has 0 radical (unpaired) electrons. The Morgan fingerprint density at radius 1 is 1.50 bits per heavy atom. The van der Waals surface area contributed by atoms with Gasteiger partial charge in [0.1, 0.15) is 5.75 Å². The van der Waals surface area contributed by atoms with E-state index in [0.29, 0.717) is 5.88 Å². The molecular formula is C10H8ClIOS. The highest BCUT2D eigenvalue weighted by Crippen LogP contribution is 2.35. The lowest BCUT2D eigenvalue weighted by Crippen LogP contribution is -1.81. The molecule has 1 aromatic heterocycles. The number of thiophene rings is 1. The molecule has 0 amide bonds. The van der Waals surface area contributed by atoms with Crippen LogP contribution in [0.3, 0.4) is 0 Å². The first-order valence-electron chi connectivity index (χ1n) is 4.07. The van der Waals surface area contributed by atoms with E-state index in [1.54, 1.807) is 18.4 Å². The van der Waals surface area contributed by atoms with E-state index in [2.05, 4.69) is 34.7 Å². The van der Waals surface area contributed by atoms with E-state index >= 15 is 0 Å². The Balaban J connectivity index is 2.68. The molecule has 1 aromatic carbocycles. The number of hydrogen-bond donors (Lipinski definition) is 0. The summed E-state index contributed by atoms with van der Waals surface area (Å²) in [6, 6.07) is 6.12. The van der Waals surface area contributed by atoms with E-state index in [4.69, 9.17) is 16.3 Å². The number of alkyl halides is 1. The highest BCUT2D eigenvalue weighted by atomic mass is 127. The van der Waals surface area contributed by atoms with Gasteiger partial charge in [-0.3, -0.25) is 0 Å². The number of fused-ring (bicyclic) bond motifs is 1. The second-order valence-corrected chi connectivity index (χ2v) is 5.32. The molecule has 2 rings (SSSR count). The van der Waals surface area contributed by atoms with Crippen molar-refractivity contribution in [3.8, 4) is 5.75 Å². The van der Waals surface area contributed by atoms with Crippen molar-refractivity contribution in [2.45, 2.75) is 5.88 Å². The Labute approximate surface area is 105 Å². The Bertz CT molecular complexity index is 466. The molecule has 14 heavy (non-hydrogen) atoms. The fourth-order valence-electron chi connectivity index (χ4n) is 1.31. The minimum Gasteiger partial charge on any atom is -0.497 e. The van der Waals surface area contributed by atoms with Crippen molar-refractivity contribution in [1.82, 2.24) is 0 Å². The maximum Gasteiger partial charge on any atom is 0.119 e. The number of methoxy groups -OCH3 is 1. The molecule has 1 nitrogen and oxygen atoms in total. The highest BCUT2D eigenvalue weighted by Gasteiger charge is 2.09. The van der Waals surface area contributed by atoms with Crippen molar-refractivity contribution in [3.63, 3.8) is 0 Å². The molecular weight excluding hydrogens is 331 g/mol. The summed E-state index contributed by atoms with van der Waals surface area (Å²) >= 11 is 9.94. The molecule has 0 saturated carbocycles. The first-order valence-corrected chi connectivity index (χ1v) is 6.50. The van der Waals surface area contributed by atoms with Crippen molar-refractivity contribution in [2.24, 2.45) is 0 Å². The third-order valence-electron chi connectivity index (χ3n) is 2.02. The lowest BCUT2D eigenvalue weighted by molar-refractivity contribution is 0.415. The smallest absolute Gasteiger partial charge is 0.119 e. The van der Waals surface area contributed by atoms with Crippen molar-refractivity contribution in [2.75, 3.05) is 7.11 Å². The van der Waals surface area contributed by atoms with Gasteiger partial charge in [0.25, 0.3) is 0 Å². The highest BCUT2D eigenvalue weighted by molar-refractivity contribution is 14.1. The Kier molecular flexibility index (Phi) is 3.19. The van der Waals surface area contributed by atoms with Crippen LogP contribution in [-0.4, -0.2) is 7.11 Å². The number of ether oxygens (including phenoxy) is 1.